The van der Waals surface area contributed by atoms with Crippen LogP contribution in [0.5, 0.6) is 11.5 Å². The van der Waals surface area contributed by atoms with Crippen LogP contribution in [0.15, 0.2) is 24.3 Å². The molecule has 0 saturated heterocycles. The van der Waals surface area contributed by atoms with Crippen molar-refractivity contribution in [2.45, 2.75) is 51.2 Å². The van der Waals surface area contributed by atoms with Crippen molar-refractivity contribution < 1.29 is 14.3 Å². The highest BCUT2D eigenvalue weighted by Crippen LogP contribution is 2.44. The van der Waals surface area contributed by atoms with Gasteiger partial charge in [-0.1, -0.05) is 25.5 Å². The molecule has 4 nitrogen and oxygen atoms in total. The van der Waals surface area contributed by atoms with E-state index >= 15 is 0 Å². The zero-order chi connectivity index (χ0) is 15.5. The number of ether oxygens (including phenoxy) is 2. The fourth-order valence-corrected chi connectivity index (χ4v) is 3.89. The van der Waals surface area contributed by atoms with E-state index in [2.05, 4.69) is 5.32 Å². The van der Waals surface area contributed by atoms with Crippen molar-refractivity contribution in [3.63, 3.8) is 0 Å². The van der Waals surface area contributed by atoms with Crippen LogP contribution in [-0.2, 0) is 4.79 Å². The van der Waals surface area contributed by atoms with E-state index in [4.69, 9.17) is 9.47 Å². The molecule has 120 valence electrons. The summed E-state index contributed by atoms with van der Waals surface area (Å²) in [5.74, 6) is 2.79. The maximum atomic E-state index is 12.5. The Morgan fingerprint density at radius 1 is 1.27 bits per heavy atom. The Balaban J connectivity index is 1.62. The number of hydrogen-bond donors (Lipinski definition) is 1. The summed E-state index contributed by atoms with van der Waals surface area (Å²) in [5.41, 5.74) is 0. The molecule has 2 aliphatic carbocycles. The van der Waals surface area contributed by atoms with E-state index in [9.17, 15) is 4.79 Å². The van der Waals surface area contributed by atoms with Gasteiger partial charge in [0.1, 0.15) is 0 Å². The average molecular weight is 303 g/mol. The second-order valence-electron chi connectivity index (χ2n) is 6.46. The van der Waals surface area contributed by atoms with Crippen molar-refractivity contribution in [2.24, 2.45) is 11.8 Å². The molecule has 2 saturated carbocycles. The van der Waals surface area contributed by atoms with Gasteiger partial charge in [-0.05, 0) is 49.7 Å². The van der Waals surface area contributed by atoms with Crippen LogP contribution in [0.25, 0.3) is 0 Å². The van der Waals surface area contributed by atoms with E-state index in [1.807, 2.05) is 31.2 Å². The summed E-state index contributed by atoms with van der Waals surface area (Å²) in [6, 6.07) is 7.81. The molecule has 0 aliphatic heterocycles. The van der Waals surface area contributed by atoms with Crippen LogP contribution in [0.4, 0.5) is 0 Å². The summed E-state index contributed by atoms with van der Waals surface area (Å²) in [6.07, 6.45) is 5.21. The van der Waals surface area contributed by atoms with E-state index in [1.165, 1.54) is 19.3 Å². The molecule has 22 heavy (non-hydrogen) atoms. The predicted molar refractivity (Wildman–Crippen MR) is 85.1 cm³/mol. The third kappa shape index (κ3) is 3.06. The van der Waals surface area contributed by atoms with Crippen LogP contribution in [0.1, 0.15) is 39.0 Å². The second kappa shape index (κ2) is 6.59. The Morgan fingerprint density at radius 3 is 2.64 bits per heavy atom. The molecule has 0 heterocycles. The Kier molecular flexibility index (Phi) is 4.55. The lowest BCUT2D eigenvalue weighted by Crippen LogP contribution is -2.45. The number of carbonyl (C=O) groups excluding carboxylic acids is 1. The van der Waals surface area contributed by atoms with Crippen molar-refractivity contribution in [3.8, 4) is 11.5 Å². The standard InChI is InChI=1S/C18H25NO3/c1-3-15(22-17-7-5-4-6-16(17)21-2)18(20)19-14-11-12-8-9-13(14)10-12/h4-7,12-15H,3,8-11H2,1-2H3,(H,19,20)/t12-,13-,14-,15-/m0/s1. The second-order valence-corrected chi connectivity index (χ2v) is 6.46. The number of para-hydroxylation sites is 2. The van der Waals surface area contributed by atoms with Gasteiger partial charge in [0.25, 0.3) is 5.91 Å². The third-order valence-electron chi connectivity index (χ3n) is 5.07. The third-order valence-corrected chi connectivity index (χ3v) is 5.07. The van der Waals surface area contributed by atoms with Gasteiger partial charge in [0.05, 0.1) is 7.11 Å². The van der Waals surface area contributed by atoms with E-state index in [1.54, 1.807) is 7.11 Å². The molecule has 2 bridgehead atoms. The van der Waals surface area contributed by atoms with Crippen molar-refractivity contribution in [1.82, 2.24) is 5.32 Å². The number of rotatable bonds is 6. The van der Waals surface area contributed by atoms with Crippen LogP contribution >= 0.6 is 0 Å². The molecule has 1 N–H and O–H groups in total. The number of amides is 1. The fourth-order valence-electron chi connectivity index (χ4n) is 3.89. The van der Waals surface area contributed by atoms with Gasteiger partial charge in [-0.25, -0.2) is 0 Å². The molecule has 0 spiro atoms. The first-order valence-corrected chi connectivity index (χ1v) is 8.31. The molecule has 0 unspecified atom stereocenters. The predicted octanol–water partition coefficient (Wildman–Crippen LogP) is 3.16. The molecule has 3 rings (SSSR count). The number of hydrogen-bond acceptors (Lipinski definition) is 3. The summed E-state index contributed by atoms with van der Waals surface area (Å²) in [6.45, 7) is 1.97. The van der Waals surface area contributed by atoms with E-state index < -0.39 is 6.10 Å². The minimum absolute atomic E-state index is 0.00551. The first kappa shape index (κ1) is 15.2. The van der Waals surface area contributed by atoms with Crippen LogP contribution in [0.3, 0.4) is 0 Å². The molecule has 2 aliphatic rings. The van der Waals surface area contributed by atoms with Gasteiger partial charge in [-0.3, -0.25) is 4.79 Å². The lowest BCUT2D eigenvalue weighted by Gasteiger charge is -2.26. The van der Waals surface area contributed by atoms with Gasteiger partial charge in [0.2, 0.25) is 0 Å². The maximum absolute atomic E-state index is 12.5. The van der Waals surface area contributed by atoms with Gasteiger partial charge in [0.15, 0.2) is 17.6 Å². The first-order valence-electron chi connectivity index (χ1n) is 8.31. The Bertz CT molecular complexity index is 531. The molecule has 1 aromatic carbocycles. The number of nitrogens with one attached hydrogen (secondary N) is 1. The Labute approximate surface area is 132 Å². The SMILES string of the molecule is CC[C@H](Oc1ccccc1OC)C(=O)N[C@H]1C[C@H]2CC[C@H]1C2. The largest absolute Gasteiger partial charge is 0.493 e. The molecular formula is C18H25NO3. The lowest BCUT2D eigenvalue weighted by atomic mass is 9.95. The van der Waals surface area contributed by atoms with E-state index in [-0.39, 0.29) is 5.91 Å². The van der Waals surface area contributed by atoms with Crippen LogP contribution in [0, 0.1) is 11.8 Å². The van der Waals surface area contributed by atoms with Gasteiger partial charge in [-0.15, -0.1) is 0 Å². The summed E-state index contributed by atoms with van der Waals surface area (Å²) < 4.78 is 11.2. The quantitative estimate of drug-likeness (QED) is 0.878. The molecular weight excluding hydrogens is 278 g/mol. The van der Waals surface area contributed by atoms with Crippen molar-refractivity contribution in [3.05, 3.63) is 24.3 Å². The molecule has 0 aromatic heterocycles. The smallest absolute Gasteiger partial charge is 0.261 e. The minimum atomic E-state index is -0.463. The molecule has 4 heteroatoms. The number of fused-ring (bicyclic) bond motifs is 2. The highest BCUT2D eigenvalue weighted by molar-refractivity contribution is 5.81. The van der Waals surface area contributed by atoms with Gasteiger partial charge in [-0.2, -0.15) is 0 Å². The highest BCUT2D eigenvalue weighted by Gasteiger charge is 2.40. The van der Waals surface area contributed by atoms with Gasteiger partial charge < -0.3 is 14.8 Å². The topological polar surface area (TPSA) is 47.6 Å². The number of benzene rings is 1. The maximum Gasteiger partial charge on any atom is 0.261 e. The van der Waals surface area contributed by atoms with Crippen molar-refractivity contribution in [1.29, 1.82) is 0 Å². The first-order chi connectivity index (χ1) is 10.7. The number of carbonyl (C=O) groups is 1. The fraction of sp³-hybridized carbons (Fsp3) is 0.611. The molecule has 1 aromatic rings. The Morgan fingerprint density at radius 2 is 2.05 bits per heavy atom. The number of methoxy groups -OCH3 is 1. The van der Waals surface area contributed by atoms with Crippen molar-refractivity contribution >= 4 is 5.91 Å². The molecule has 2 fully saturated rings. The lowest BCUT2D eigenvalue weighted by molar-refractivity contribution is -0.129. The summed E-state index contributed by atoms with van der Waals surface area (Å²) in [7, 11) is 1.61. The minimum Gasteiger partial charge on any atom is -0.493 e. The van der Waals surface area contributed by atoms with Crippen LogP contribution in [0.2, 0.25) is 0 Å². The zero-order valence-electron chi connectivity index (χ0n) is 13.4. The Hall–Kier alpha value is -1.71. The summed E-state index contributed by atoms with van der Waals surface area (Å²) in [5, 5.41) is 3.21. The van der Waals surface area contributed by atoms with E-state index in [0.717, 1.165) is 12.3 Å². The highest BCUT2D eigenvalue weighted by atomic mass is 16.5. The average Bonchev–Trinajstić information content (AvgIpc) is 3.15. The summed E-state index contributed by atoms with van der Waals surface area (Å²) in [4.78, 5) is 12.5. The van der Waals surface area contributed by atoms with E-state index in [0.29, 0.717) is 29.9 Å². The molecule has 1 amide bonds. The van der Waals surface area contributed by atoms with Crippen LogP contribution < -0.4 is 14.8 Å². The normalized spacial score (nSPS) is 27.5. The van der Waals surface area contributed by atoms with Crippen LogP contribution in [-0.4, -0.2) is 25.2 Å². The summed E-state index contributed by atoms with van der Waals surface area (Å²) >= 11 is 0. The zero-order valence-corrected chi connectivity index (χ0v) is 13.4. The van der Waals surface area contributed by atoms with Gasteiger partial charge in [0, 0.05) is 6.04 Å². The monoisotopic (exact) mass is 303 g/mol. The van der Waals surface area contributed by atoms with Crippen molar-refractivity contribution in [2.75, 3.05) is 7.11 Å². The molecule has 0 radical (unpaired) electrons. The molecule has 4 atom stereocenters. The van der Waals surface area contributed by atoms with Gasteiger partial charge >= 0.3 is 0 Å².